The zero-order valence-corrected chi connectivity index (χ0v) is 10.6. The standard InChI is InChI=1S/C13H16N6/c1-2-6-14-10(4-1)11-5-9-17-13(18-11)19-12-15-7-3-8-16-12/h3,5,7-10,14H,1-2,4,6H2,(H,15,16,17,18,19)/t10-/m0/s1. The summed E-state index contributed by atoms with van der Waals surface area (Å²) in [4.78, 5) is 16.9. The normalized spacial score (nSPS) is 19.1. The molecule has 2 N–H and O–H groups in total. The van der Waals surface area contributed by atoms with E-state index in [2.05, 4.69) is 30.6 Å². The van der Waals surface area contributed by atoms with Gasteiger partial charge in [-0.1, -0.05) is 6.42 Å². The smallest absolute Gasteiger partial charge is 0.229 e. The molecular weight excluding hydrogens is 240 g/mol. The fourth-order valence-electron chi connectivity index (χ4n) is 2.19. The first kappa shape index (κ1) is 12.0. The maximum absolute atomic E-state index is 4.53. The van der Waals surface area contributed by atoms with Crippen LogP contribution in [-0.2, 0) is 0 Å². The molecule has 98 valence electrons. The number of hydrogen-bond donors (Lipinski definition) is 2. The summed E-state index contributed by atoms with van der Waals surface area (Å²) in [7, 11) is 0. The molecular formula is C13H16N6. The van der Waals surface area contributed by atoms with Crippen molar-refractivity contribution in [2.45, 2.75) is 25.3 Å². The molecule has 3 rings (SSSR count). The maximum atomic E-state index is 4.53. The van der Waals surface area contributed by atoms with E-state index in [9.17, 15) is 0 Å². The van der Waals surface area contributed by atoms with Crippen molar-refractivity contribution in [3.05, 3.63) is 36.4 Å². The van der Waals surface area contributed by atoms with E-state index >= 15 is 0 Å². The minimum Gasteiger partial charge on any atom is -0.309 e. The summed E-state index contributed by atoms with van der Waals surface area (Å²) in [5.41, 5.74) is 1.02. The maximum Gasteiger partial charge on any atom is 0.229 e. The van der Waals surface area contributed by atoms with Crippen molar-refractivity contribution in [1.29, 1.82) is 0 Å². The number of hydrogen-bond acceptors (Lipinski definition) is 6. The van der Waals surface area contributed by atoms with Crippen LogP contribution < -0.4 is 10.6 Å². The van der Waals surface area contributed by atoms with Crippen molar-refractivity contribution < 1.29 is 0 Å². The van der Waals surface area contributed by atoms with Crippen LogP contribution in [0.4, 0.5) is 11.9 Å². The molecule has 1 fully saturated rings. The van der Waals surface area contributed by atoms with Gasteiger partial charge in [0, 0.05) is 24.6 Å². The Morgan fingerprint density at radius 1 is 1.05 bits per heavy atom. The van der Waals surface area contributed by atoms with Gasteiger partial charge in [-0.3, -0.25) is 5.32 Å². The third-order valence-electron chi connectivity index (χ3n) is 3.13. The molecule has 0 radical (unpaired) electrons. The summed E-state index contributed by atoms with van der Waals surface area (Å²) in [6.07, 6.45) is 8.74. The number of piperidine rings is 1. The summed E-state index contributed by atoms with van der Waals surface area (Å²) in [6, 6.07) is 4.06. The highest BCUT2D eigenvalue weighted by Gasteiger charge is 2.16. The van der Waals surface area contributed by atoms with Crippen molar-refractivity contribution >= 4 is 11.9 Å². The zero-order chi connectivity index (χ0) is 12.9. The lowest BCUT2D eigenvalue weighted by molar-refractivity contribution is 0.405. The Morgan fingerprint density at radius 2 is 1.89 bits per heavy atom. The second-order valence-electron chi connectivity index (χ2n) is 4.51. The molecule has 0 bridgehead atoms. The van der Waals surface area contributed by atoms with Crippen molar-refractivity contribution in [1.82, 2.24) is 25.3 Å². The van der Waals surface area contributed by atoms with Crippen LogP contribution in [-0.4, -0.2) is 26.5 Å². The molecule has 1 saturated heterocycles. The van der Waals surface area contributed by atoms with Gasteiger partial charge in [-0.25, -0.2) is 19.9 Å². The third kappa shape index (κ3) is 3.03. The fourth-order valence-corrected chi connectivity index (χ4v) is 2.19. The van der Waals surface area contributed by atoms with Gasteiger partial charge in [-0.05, 0) is 31.5 Å². The molecule has 2 aromatic rings. The number of rotatable bonds is 3. The Kier molecular flexibility index (Phi) is 3.60. The Morgan fingerprint density at radius 3 is 2.68 bits per heavy atom. The Bertz CT molecular complexity index is 524. The van der Waals surface area contributed by atoms with Crippen LogP contribution in [0.15, 0.2) is 30.7 Å². The lowest BCUT2D eigenvalue weighted by atomic mass is 10.0. The lowest BCUT2D eigenvalue weighted by Gasteiger charge is -2.22. The van der Waals surface area contributed by atoms with Crippen LogP contribution in [0.25, 0.3) is 0 Å². The molecule has 1 atom stereocenters. The van der Waals surface area contributed by atoms with Gasteiger partial charge in [0.1, 0.15) is 0 Å². The lowest BCUT2D eigenvalue weighted by Crippen LogP contribution is -2.27. The highest BCUT2D eigenvalue weighted by Crippen LogP contribution is 2.21. The van der Waals surface area contributed by atoms with Crippen LogP contribution in [0.1, 0.15) is 31.0 Å². The molecule has 1 aliphatic rings. The van der Waals surface area contributed by atoms with Crippen LogP contribution >= 0.6 is 0 Å². The number of aromatic nitrogens is 4. The molecule has 19 heavy (non-hydrogen) atoms. The molecule has 6 heteroatoms. The van der Waals surface area contributed by atoms with Crippen LogP contribution in [0.3, 0.4) is 0 Å². The van der Waals surface area contributed by atoms with Crippen molar-refractivity contribution in [2.75, 3.05) is 11.9 Å². The largest absolute Gasteiger partial charge is 0.309 e. The minimum atomic E-state index is 0.328. The van der Waals surface area contributed by atoms with Gasteiger partial charge in [0.05, 0.1) is 5.69 Å². The monoisotopic (exact) mass is 256 g/mol. The molecule has 2 aromatic heterocycles. The van der Waals surface area contributed by atoms with Crippen LogP contribution in [0, 0.1) is 0 Å². The van der Waals surface area contributed by atoms with Crippen molar-refractivity contribution in [3.8, 4) is 0 Å². The van der Waals surface area contributed by atoms with E-state index in [0.29, 0.717) is 17.9 Å². The van der Waals surface area contributed by atoms with Gasteiger partial charge in [-0.2, -0.15) is 0 Å². The minimum absolute atomic E-state index is 0.328. The fraction of sp³-hybridized carbons (Fsp3) is 0.385. The highest BCUT2D eigenvalue weighted by atomic mass is 15.2. The first-order chi connectivity index (χ1) is 9.42. The van der Waals surface area contributed by atoms with E-state index in [1.807, 2.05) is 6.07 Å². The Balaban J connectivity index is 1.76. The Hall–Kier alpha value is -2.08. The number of nitrogens with zero attached hydrogens (tertiary/aromatic N) is 4. The van der Waals surface area contributed by atoms with Crippen LogP contribution in [0.2, 0.25) is 0 Å². The van der Waals surface area contributed by atoms with Crippen molar-refractivity contribution in [2.24, 2.45) is 0 Å². The van der Waals surface area contributed by atoms with Crippen molar-refractivity contribution in [3.63, 3.8) is 0 Å². The molecule has 6 nitrogen and oxygen atoms in total. The molecule has 0 amide bonds. The quantitative estimate of drug-likeness (QED) is 0.872. The molecule has 0 aliphatic carbocycles. The van der Waals surface area contributed by atoms with Gasteiger partial charge < -0.3 is 5.32 Å². The van der Waals surface area contributed by atoms with Gasteiger partial charge in [0.25, 0.3) is 0 Å². The van der Waals surface area contributed by atoms with E-state index < -0.39 is 0 Å². The van der Waals surface area contributed by atoms with E-state index in [1.54, 1.807) is 24.7 Å². The van der Waals surface area contributed by atoms with Gasteiger partial charge >= 0.3 is 0 Å². The van der Waals surface area contributed by atoms with E-state index in [-0.39, 0.29) is 0 Å². The van der Waals surface area contributed by atoms with E-state index in [0.717, 1.165) is 18.7 Å². The molecule has 1 aliphatic heterocycles. The van der Waals surface area contributed by atoms with Crippen LogP contribution in [0.5, 0.6) is 0 Å². The molecule has 0 spiro atoms. The molecule has 0 saturated carbocycles. The Labute approximate surface area is 111 Å². The van der Waals surface area contributed by atoms with E-state index in [1.165, 1.54) is 12.8 Å². The number of anilines is 2. The first-order valence-corrected chi connectivity index (χ1v) is 6.52. The highest BCUT2D eigenvalue weighted by molar-refractivity contribution is 5.41. The predicted molar refractivity (Wildman–Crippen MR) is 71.9 cm³/mol. The molecule has 0 aromatic carbocycles. The van der Waals surface area contributed by atoms with Gasteiger partial charge in [0.2, 0.25) is 11.9 Å². The summed E-state index contributed by atoms with van der Waals surface area (Å²) in [5, 5.41) is 6.49. The number of nitrogens with one attached hydrogen (secondary N) is 2. The summed E-state index contributed by atoms with van der Waals surface area (Å²) in [5.74, 6) is 1.05. The average molecular weight is 256 g/mol. The van der Waals surface area contributed by atoms with Gasteiger partial charge in [0.15, 0.2) is 0 Å². The predicted octanol–water partition coefficient (Wildman–Crippen LogP) is 1.82. The summed E-state index contributed by atoms with van der Waals surface area (Å²) >= 11 is 0. The molecule has 3 heterocycles. The SMILES string of the molecule is c1cnc(Nc2nccc([C@@H]3CCCCN3)n2)nc1. The summed E-state index contributed by atoms with van der Waals surface area (Å²) in [6.45, 7) is 1.05. The van der Waals surface area contributed by atoms with Gasteiger partial charge in [-0.15, -0.1) is 0 Å². The summed E-state index contributed by atoms with van der Waals surface area (Å²) < 4.78 is 0. The first-order valence-electron chi connectivity index (χ1n) is 6.52. The second-order valence-corrected chi connectivity index (χ2v) is 4.51. The average Bonchev–Trinajstić information content (AvgIpc) is 2.49. The third-order valence-corrected chi connectivity index (χ3v) is 3.13. The topological polar surface area (TPSA) is 75.6 Å². The second kappa shape index (κ2) is 5.71. The molecule has 0 unspecified atom stereocenters. The zero-order valence-electron chi connectivity index (χ0n) is 10.6. The van der Waals surface area contributed by atoms with E-state index in [4.69, 9.17) is 0 Å².